The van der Waals surface area contributed by atoms with Crippen LogP contribution < -0.4 is 15.4 Å². The number of hydrogen-bond donors (Lipinski definition) is 3. The van der Waals surface area contributed by atoms with Crippen molar-refractivity contribution in [3.63, 3.8) is 0 Å². The lowest BCUT2D eigenvalue weighted by Crippen LogP contribution is -2.14. The summed E-state index contributed by atoms with van der Waals surface area (Å²) in [6, 6.07) is 14.4. The van der Waals surface area contributed by atoms with Gasteiger partial charge in [-0.25, -0.2) is 23.7 Å². The average Bonchev–Trinajstić information content (AvgIpc) is 3.93. The lowest BCUT2D eigenvalue weighted by Gasteiger charge is -2.05. The Hall–Kier alpha value is -5.67. The summed E-state index contributed by atoms with van der Waals surface area (Å²) < 4.78 is 96.6. The number of nitrogens with zero attached hydrogens (tertiary/aromatic N) is 6. The summed E-state index contributed by atoms with van der Waals surface area (Å²) in [4.78, 5) is 29.3. The molecule has 6 aromatic rings. The van der Waals surface area contributed by atoms with Crippen LogP contribution in [0.1, 0.15) is 26.7 Å². The fourth-order valence-corrected chi connectivity index (χ4v) is 5.73. The number of carbonyl (C=O) groups excluding carboxylic acids is 2. The third-order valence-corrected chi connectivity index (χ3v) is 8.73. The first kappa shape index (κ1) is 38.6. The molecule has 0 bridgehead atoms. The van der Waals surface area contributed by atoms with E-state index in [2.05, 4.69) is 30.8 Å². The van der Waals surface area contributed by atoms with Gasteiger partial charge in [-0.05, 0) is 42.0 Å². The van der Waals surface area contributed by atoms with Gasteiger partial charge < -0.3 is 20.5 Å². The summed E-state index contributed by atoms with van der Waals surface area (Å²) in [6.07, 6.45) is -4.65. The van der Waals surface area contributed by atoms with E-state index in [0.717, 1.165) is 11.3 Å². The summed E-state index contributed by atoms with van der Waals surface area (Å²) in [7, 11) is 1.34. The number of aromatic nitrogens is 6. The second-order valence-corrected chi connectivity index (χ2v) is 12.7. The zero-order valence-corrected chi connectivity index (χ0v) is 28.6. The van der Waals surface area contributed by atoms with Crippen LogP contribution in [0.25, 0.3) is 11.4 Å². The van der Waals surface area contributed by atoms with Crippen LogP contribution in [0.3, 0.4) is 0 Å². The molecule has 278 valence electrons. The monoisotopic (exact) mass is 782 g/mol. The highest BCUT2D eigenvalue weighted by Gasteiger charge is 2.34. The Balaban J connectivity index is 0.000000204. The fourth-order valence-electron chi connectivity index (χ4n) is 4.33. The molecule has 6 rings (SSSR count). The van der Waals surface area contributed by atoms with Crippen molar-refractivity contribution in [2.24, 2.45) is 0 Å². The number of hydrogen-bond acceptors (Lipinski definition) is 10. The molecule has 2 aromatic carbocycles. The van der Waals surface area contributed by atoms with Gasteiger partial charge in [0.15, 0.2) is 21.8 Å². The Morgan fingerprint density at radius 2 is 1.23 bits per heavy atom. The number of halogens is 7. The number of nitrogens with one attached hydrogen (secondary N) is 2. The number of methoxy groups -OCH3 is 1. The summed E-state index contributed by atoms with van der Waals surface area (Å²) in [6.45, 7) is -0.0579. The zero-order chi connectivity index (χ0) is 38.3. The van der Waals surface area contributed by atoms with Gasteiger partial charge in [0.2, 0.25) is 11.8 Å². The molecule has 4 aromatic heterocycles. The standard InChI is InChI=1S/C16H12F4N4O2S.C16H13F3N4O2S/c1-26-12-7-10(2-3-11(12)17)24-5-4-9(23-24)6-14(25)22-15-21-8-13(27-15)16(18,19)20;17-16(18,19)13-8-20-15(26-13)21-14(25)7-11-5-6-23(22-11)12-3-1-10(9-24)2-4-12/h2-5,7-8H,6H2,1H3,(H,21,22,25);1-6,8,24H,7,9H2,(H,20,21,25). The fraction of sp³-hybridized carbons (Fsp3) is 0.188. The Bertz CT molecular complexity index is 2180. The van der Waals surface area contributed by atoms with Crippen LogP contribution in [0.15, 0.2) is 79.4 Å². The maximum absolute atomic E-state index is 13.5. The van der Waals surface area contributed by atoms with E-state index in [9.17, 15) is 40.3 Å². The van der Waals surface area contributed by atoms with Crippen molar-refractivity contribution >= 4 is 44.8 Å². The second kappa shape index (κ2) is 16.3. The lowest BCUT2D eigenvalue weighted by atomic mass is 10.2. The first-order valence-corrected chi connectivity index (χ1v) is 16.5. The van der Waals surface area contributed by atoms with E-state index in [4.69, 9.17) is 9.84 Å². The molecule has 53 heavy (non-hydrogen) atoms. The van der Waals surface area contributed by atoms with E-state index in [1.165, 1.54) is 30.0 Å². The number of amides is 2. The minimum atomic E-state index is -4.50. The maximum atomic E-state index is 13.5. The molecule has 0 atom stereocenters. The normalized spacial score (nSPS) is 11.5. The summed E-state index contributed by atoms with van der Waals surface area (Å²) in [5.74, 6) is -1.53. The number of carbonyl (C=O) groups is 2. The number of rotatable bonds is 10. The number of anilines is 2. The average molecular weight is 783 g/mol. The van der Waals surface area contributed by atoms with Gasteiger partial charge in [-0.2, -0.15) is 36.5 Å². The van der Waals surface area contributed by atoms with Gasteiger partial charge in [-0.3, -0.25) is 9.59 Å². The summed E-state index contributed by atoms with van der Waals surface area (Å²) in [5, 5.41) is 21.9. The van der Waals surface area contributed by atoms with E-state index in [-0.39, 0.29) is 35.5 Å². The van der Waals surface area contributed by atoms with Gasteiger partial charge >= 0.3 is 12.4 Å². The molecular formula is C32H25F7N8O4S2. The molecule has 0 saturated heterocycles. The van der Waals surface area contributed by atoms with Crippen LogP contribution >= 0.6 is 22.7 Å². The second-order valence-electron chi connectivity index (χ2n) is 10.7. The van der Waals surface area contributed by atoms with Crippen molar-refractivity contribution in [2.45, 2.75) is 31.8 Å². The molecule has 2 amide bonds. The van der Waals surface area contributed by atoms with Gasteiger partial charge in [-0.15, -0.1) is 0 Å². The number of benzene rings is 2. The summed E-state index contributed by atoms with van der Waals surface area (Å²) >= 11 is 0.713. The Morgan fingerprint density at radius 3 is 1.66 bits per heavy atom. The van der Waals surface area contributed by atoms with Crippen LogP contribution in [0.2, 0.25) is 0 Å². The van der Waals surface area contributed by atoms with E-state index in [0.29, 0.717) is 52.1 Å². The molecule has 12 nitrogen and oxygen atoms in total. The minimum absolute atomic E-state index is 0.0477. The molecule has 0 aliphatic heterocycles. The number of aliphatic hydroxyl groups is 1. The quantitative estimate of drug-likeness (QED) is 0.130. The predicted octanol–water partition coefficient (Wildman–Crippen LogP) is 6.70. The smallest absolute Gasteiger partial charge is 0.427 e. The highest BCUT2D eigenvalue weighted by Crippen LogP contribution is 2.36. The van der Waals surface area contributed by atoms with Crippen molar-refractivity contribution in [1.29, 1.82) is 0 Å². The molecule has 0 saturated carbocycles. The Labute approximate surface area is 302 Å². The molecule has 0 unspecified atom stereocenters. The number of alkyl halides is 6. The Morgan fingerprint density at radius 1 is 0.755 bits per heavy atom. The molecule has 4 heterocycles. The van der Waals surface area contributed by atoms with Gasteiger partial charge in [0, 0.05) is 18.5 Å². The number of thiazole rings is 2. The van der Waals surface area contributed by atoms with Crippen LogP contribution in [-0.4, -0.2) is 53.6 Å². The van der Waals surface area contributed by atoms with Gasteiger partial charge in [0.25, 0.3) is 0 Å². The van der Waals surface area contributed by atoms with Crippen molar-refractivity contribution in [1.82, 2.24) is 29.5 Å². The Kier molecular flexibility index (Phi) is 11.9. The van der Waals surface area contributed by atoms with Gasteiger partial charge in [0.1, 0.15) is 9.75 Å². The first-order valence-electron chi connectivity index (χ1n) is 14.9. The third-order valence-electron chi connectivity index (χ3n) is 6.82. The number of aliphatic hydroxyl groups excluding tert-OH is 1. The summed E-state index contributed by atoms with van der Waals surface area (Å²) in [5.41, 5.74) is 2.88. The minimum Gasteiger partial charge on any atom is -0.494 e. The van der Waals surface area contributed by atoms with Gasteiger partial charge in [-0.1, -0.05) is 34.8 Å². The van der Waals surface area contributed by atoms with Crippen molar-refractivity contribution < 1.29 is 50.2 Å². The van der Waals surface area contributed by atoms with Crippen molar-refractivity contribution in [2.75, 3.05) is 17.7 Å². The van der Waals surface area contributed by atoms with Crippen molar-refractivity contribution in [3.8, 4) is 17.1 Å². The third kappa shape index (κ3) is 10.5. The highest BCUT2D eigenvalue weighted by atomic mass is 32.1. The topological polar surface area (TPSA) is 149 Å². The maximum Gasteiger partial charge on any atom is 0.427 e. The van der Waals surface area contributed by atoms with Crippen LogP contribution in [0.4, 0.5) is 41.0 Å². The molecule has 0 radical (unpaired) electrons. The largest absolute Gasteiger partial charge is 0.494 e. The molecule has 3 N–H and O–H groups in total. The molecule has 21 heteroatoms. The van der Waals surface area contributed by atoms with E-state index >= 15 is 0 Å². The van der Waals surface area contributed by atoms with Crippen LogP contribution in [-0.2, 0) is 41.4 Å². The first-order chi connectivity index (χ1) is 25.1. The number of ether oxygens (including phenoxy) is 1. The highest BCUT2D eigenvalue weighted by molar-refractivity contribution is 7.16. The molecular weight excluding hydrogens is 758 g/mol. The molecule has 0 spiro atoms. The molecule has 0 aliphatic rings. The predicted molar refractivity (Wildman–Crippen MR) is 178 cm³/mol. The van der Waals surface area contributed by atoms with Crippen molar-refractivity contribution in [3.05, 3.63) is 112 Å². The SMILES string of the molecule is COc1cc(-n2ccc(CC(=O)Nc3ncc(C(F)(F)F)s3)n2)ccc1F.O=C(Cc1ccn(-c2ccc(CO)cc2)n1)Nc1ncc(C(F)(F)F)s1. The van der Waals surface area contributed by atoms with Crippen LogP contribution in [0.5, 0.6) is 5.75 Å². The zero-order valence-electron chi connectivity index (χ0n) is 26.9. The van der Waals surface area contributed by atoms with Gasteiger partial charge in [0.05, 0.1) is 61.7 Å². The van der Waals surface area contributed by atoms with Crippen LogP contribution in [0, 0.1) is 5.82 Å². The molecule has 0 aliphatic carbocycles. The van der Waals surface area contributed by atoms with E-state index in [1.54, 1.807) is 53.5 Å². The lowest BCUT2D eigenvalue weighted by molar-refractivity contribution is -0.135. The van der Waals surface area contributed by atoms with E-state index < -0.39 is 39.7 Å². The molecule has 0 fully saturated rings. The van der Waals surface area contributed by atoms with E-state index in [1.807, 2.05) is 0 Å².